The first-order valence-corrected chi connectivity index (χ1v) is 9.70. The molecule has 0 aromatic heterocycles. The molecule has 0 fully saturated rings. The standard InChI is InChI=1S/C21H18O5S/c22-15-21(25-16-17-9-3-1-4-10-17)19-13-7-8-14-20(19)26-27(23,24)18-11-5-2-6-12-18/h1-15,21H,16H2. The largest absolute Gasteiger partial charge is 0.379 e. The summed E-state index contributed by atoms with van der Waals surface area (Å²) in [5.41, 5.74) is 1.25. The average Bonchev–Trinajstić information content (AvgIpc) is 2.71. The van der Waals surface area contributed by atoms with Crippen LogP contribution in [0, 0.1) is 0 Å². The number of para-hydroxylation sites is 1. The molecule has 1 atom stereocenters. The van der Waals surface area contributed by atoms with Crippen molar-refractivity contribution in [3.63, 3.8) is 0 Å². The quantitative estimate of drug-likeness (QED) is 0.436. The Labute approximate surface area is 158 Å². The highest BCUT2D eigenvalue weighted by atomic mass is 32.2. The van der Waals surface area contributed by atoms with Gasteiger partial charge in [-0.15, -0.1) is 0 Å². The summed E-state index contributed by atoms with van der Waals surface area (Å²) in [6.07, 6.45) is -0.326. The topological polar surface area (TPSA) is 69.7 Å². The van der Waals surface area contributed by atoms with Gasteiger partial charge < -0.3 is 13.7 Å². The molecule has 27 heavy (non-hydrogen) atoms. The molecular weight excluding hydrogens is 364 g/mol. The van der Waals surface area contributed by atoms with Gasteiger partial charge >= 0.3 is 10.1 Å². The number of ether oxygens (including phenoxy) is 1. The third kappa shape index (κ3) is 4.81. The highest BCUT2D eigenvalue weighted by Crippen LogP contribution is 2.29. The molecule has 0 bridgehead atoms. The number of rotatable bonds is 8. The van der Waals surface area contributed by atoms with Crippen molar-refractivity contribution in [2.45, 2.75) is 17.6 Å². The van der Waals surface area contributed by atoms with Crippen LogP contribution in [0.3, 0.4) is 0 Å². The van der Waals surface area contributed by atoms with Crippen LogP contribution in [-0.2, 0) is 26.3 Å². The Kier molecular flexibility index (Phi) is 6.01. The zero-order chi connectivity index (χ0) is 19.1. The van der Waals surface area contributed by atoms with Gasteiger partial charge in [0.2, 0.25) is 0 Å². The van der Waals surface area contributed by atoms with Crippen molar-refractivity contribution in [1.29, 1.82) is 0 Å². The molecular formula is C21H18O5S. The third-order valence-corrected chi connectivity index (χ3v) is 5.10. The molecule has 0 saturated heterocycles. The van der Waals surface area contributed by atoms with E-state index in [9.17, 15) is 13.2 Å². The molecule has 0 amide bonds. The molecule has 0 aliphatic carbocycles. The number of hydrogen-bond donors (Lipinski definition) is 0. The van der Waals surface area contributed by atoms with Gasteiger partial charge in [-0.3, -0.25) is 0 Å². The summed E-state index contributed by atoms with van der Waals surface area (Å²) < 4.78 is 36.0. The van der Waals surface area contributed by atoms with Crippen molar-refractivity contribution < 1.29 is 22.1 Å². The smallest absolute Gasteiger partial charge is 0.339 e. The van der Waals surface area contributed by atoms with E-state index >= 15 is 0 Å². The van der Waals surface area contributed by atoms with E-state index in [4.69, 9.17) is 8.92 Å². The molecule has 0 spiro atoms. The molecule has 3 aromatic carbocycles. The maximum Gasteiger partial charge on any atom is 0.339 e. The first kappa shape index (κ1) is 18.8. The predicted octanol–water partition coefficient (Wildman–Crippen LogP) is 3.91. The molecule has 0 aliphatic heterocycles. The average molecular weight is 382 g/mol. The molecule has 0 radical (unpaired) electrons. The van der Waals surface area contributed by atoms with Crippen LogP contribution in [0.4, 0.5) is 0 Å². The zero-order valence-electron chi connectivity index (χ0n) is 14.4. The third-order valence-electron chi connectivity index (χ3n) is 3.85. The Morgan fingerprint density at radius 2 is 1.41 bits per heavy atom. The molecule has 1 unspecified atom stereocenters. The summed E-state index contributed by atoms with van der Waals surface area (Å²) in [4.78, 5) is 11.6. The monoisotopic (exact) mass is 382 g/mol. The second kappa shape index (κ2) is 8.62. The van der Waals surface area contributed by atoms with Crippen LogP contribution in [-0.4, -0.2) is 14.7 Å². The molecule has 6 heteroatoms. The lowest BCUT2D eigenvalue weighted by atomic mass is 10.1. The van der Waals surface area contributed by atoms with E-state index < -0.39 is 16.2 Å². The first-order chi connectivity index (χ1) is 13.1. The highest BCUT2D eigenvalue weighted by Gasteiger charge is 2.22. The van der Waals surface area contributed by atoms with Gasteiger partial charge in [0.1, 0.15) is 16.7 Å². The van der Waals surface area contributed by atoms with Crippen molar-refractivity contribution in [2.75, 3.05) is 0 Å². The summed E-state index contributed by atoms with van der Waals surface area (Å²) >= 11 is 0. The van der Waals surface area contributed by atoms with Gasteiger partial charge in [-0.25, -0.2) is 0 Å². The van der Waals surface area contributed by atoms with E-state index in [1.54, 1.807) is 36.4 Å². The fourth-order valence-electron chi connectivity index (χ4n) is 2.51. The van der Waals surface area contributed by atoms with E-state index in [1.165, 1.54) is 18.2 Å². The molecule has 0 saturated carbocycles. The van der Waals surface area contributed by atoms with Crippen LogP contribution in [0.15, 0.2) is 89.8 Å². The van der Waals surface area contributed by atoms with Gasteiger partial charge in [-0.1, -0.05) is 66.7 Å². The molecule has 138 valence electrons. The maximum absolute atomic E-state index is 12.5. The first-order valence-electron chi connectivity index (χ1n) is 8.29. The molecule has 0 heterocycles. The van der Waals surface area contributed by atoms with Crippen molar-refractivity contribution in [2.24, 2.45) is 0 Å². The van der Waals surface area contributed by atoms with Gasteiger partial charge in [0, 0.05) is 5.56 Å². The van der Waals surface area contributed by atoms with Gasteiger partial charge in [0.05, 0.1) is 6.61 Å². The molecule has 0 N–H and O–H groups in total. The second-order valence-electron chi connectivity index (χ2n) is 5.74. The lowest BCUT2D eigenvalue weighted by molar-refractivity contribution is -0.119. The van der Waals surface area contributed by atoms with Crippen LogP contribution >= 0.6 is 0 Å². The van der Waals surface area contributed by atoms with E-state index in [2.05, 4.69) is 0 Å². The summed E-state index contributed by atoms with van der Waals surface area (Å²) in [5.74, 6) is 0.0616. The minimum Gasteiger partial charge on any atom is -0.379 e. The lowest BCUT2D eigenvalue weighted by Gasteiger charge is -2.16. The van der Waals surface area contributed by atoms with Gasteiger partial charge in [-0.05, 0) is 23.8 Å². The lowest BCUT2D eigenvalue weighted by Crippen LogP contribution is -2.13. The van der Waals surface area contributed by atoms with Crippen LogP contribution in [0.25, 0.3) is 0 Å². The summed E-state index contributed by atoms with van der Waals surface area (Å²) in [6.45, 7) is 0.212. The van der Waals surface area contributed by atoms with E-state index in [-0.39, 0.29) is 17.3 Å². The summed E-state index contributed by atoms with van der Waals surface area (Å²) in [5, 5.41) is 0. The molecule has 3 rings (SSSR count). The fourth-order valence-corrected chi connectivity index (χ4v) is 3.48. The van der Waals surface area contributed by atoms with E-state index in [1.807, 2.05) is 30.3 Å². The molecule has 5 nitrogen and oxygen atoms in total. The normalized spacial score (nSPS) is 12.3. The SMILES string of the molecule is O=CC(OCc1ccccc1)c1ccccc1OS(=O)(=O)c1ccccc1. The second-order valence-corrected chi connectivity index (χ2v) is 7.29. The van der Waals surface area contributed by atoms with E-state index in [0.717, 1.165) is 5.56 Å². The van der Waals surface area contributed by atoms with Crippen molar-refractivity contribution >= 4 is 16.4 Å². The minimum absolute atomic E-state index is 0.0349. The number of benzene rings is 3. The van der Waals surface area contributed by atoms with Crippen LogP contribution < -0.4 is 4.18 Å². The number of hydrogen-bond acceptors (Lipinski definition) is 5. The number of aldehydes is 1. The molecule has 3 aromatic rings. The Balaban J connectivity index is 1.83. The maximum atomic E-state index is 12.5. The van der Waals surface area contributed by atoms with Crippen LogP contribution in [0.5, 0.6) is 5.75 Å². The minimum atomic E-state index is -4.02. The Morgan fingerprint density at radius 1 is 0.815 bits per heavy atom. The van der Waals surface area contributed by atoms with Crippen molar-refractivity contribution in [3.05, 3.63) is 96.1 Å². The fraction of sp³-hybridized carbons (Fsp3) is 0.0952. The number of carbonyl (C=O) groups excluding carboxylic acids is 1. The van der Waals surface area contributed by atoms with Crippen molar-refractivity contribution in [3.8, 4) is 5.75 Å². The zero-order valence-corrected chi connectivity index (χ0v) is 15.2. The summed E-state index contributed by atoms with van der Waals surface area (Å²) in [7, 11) is -4.02. The van der Waals surface area contributed by atoms with Gasteiger partial charge in [0.15, 0.2) is 6.29 Å². The Bertz CT molecular complexity index is 985. The summed E-state index contributed by atoms with van der Waals surface area (Å²) in [6, 6.07) is 23.7. The Hall–Kier alpha value is -2.96. The van der Waals surface area contributed by atoms with E-state index in [0.29, 0.717) is 11.8 Å². The highest BCUT2D eigenvalue weighted by molar-refractivity contribution is 7.87. The predicted molar refractivity (Wildman–Crippen MR) is 101 cm³/mol. The molecule has 0 aliphatic rings. The van der Waals surface area contributed by atoms with Crippen LogP contribution in [0.2, 0.25) is 0 Å². The van der Waals surface area contributed by atoms with Crippen molar-refractivity contribution in [1.82, 2.24) is 0 Å². The number of carbonyl (C=O) groups is 1. The van der Waals surface area contributed by atoms with Gasteiger partial charge in [0.25, 0.3) is 0 Å². The van der Waals surface area contributed by atoms with Crippen LogP contribution in [0.1, 0.15) is 17.2 Å². The Morgan fingerprint density at radius 3 is 2.07 bits per heavy atom. The van der Waals surface area contributed by atoms with Gasteiger partial charge in [-0.2, -0.15) is 8.42 Å².